The number of carboxylic acids is 1. The molecule has 0 bridgehead atoms. The Morgan fingerprint density at radius 1 is 0.526 bits per heavy atom. The van der Waals surface area contributed by atoms with Crippen molar-refractivity contribution in [2.75, 3.05) is 0 Å². The van der Waals surface area contributed by atoms with E-state index in [9.17, 15) is 40.5 Å². The van der Waals surface area contributed by atoms with Gasteiger partial charge in [0.15, 0.2) is 6.10 Å². The molecule has 0 aromatic heterocycles. The summed E-state index contributed by atoms with van der Waals surface area (Å²) in [5.41, 5.74) is 0. The summed E-state index contributed by atoms with van der Waals surface area (Å²) in [5.74, 6) is 15.8. The van der Waals surface area contributed by atoms with E-state index in [1.165, 1.54) is 108 Å². The van der Waals surface area contributed by atoms with E-state index in [4.69, 9.17) is 11.5 Å². The highest BCUT2D eigenvalue weighted by Gasteiger charge is 2.13. The highest BCUT2D eigenvalue weighted by Crippen LogP contribution is 2.16. The predicted octanol–water partition coefficient (Wildman–Crippen LogP) is 7.28. The van der Waals surface area contributed by atoms with Gasteiger partial charge < -0.3 is 40.9 Å². The van der Waals surface area contributed by atoms with Crippen molar-refractivity contribution in [2.24, 2.45) is 0 Å². The largest absolute Gasteiger partial charge is 0.472 e. The first-order valence-electron chi connectivity index (χ1n) is 21.8. The number of aliphatic hydroxyl groups excluding tert-OH is 7. The molecule has 0 fully saturated rings. The maximum absolute atomic E-state index is 10.4. The SMILES string of the molecule is C#CC(O)/C=C/C(O)CCCC(O)CC#CC(O)C#CCCCC(O)/C=C/CCCCCCCCCCCCCCCCCCCCCC(O)C(O)C#CC(=O)O. The molecule has 7 unspecified atom stereocenters. The molecule has 0 radical (unpaired) electrons. The first-order chi connectivity index (χ1) is 27.5. The Hall–Kier alpha value is -3.09. The lowest BCUT2D eigenvalue weighted by Crippen LogP contribution is -2.24. The Morgan fingerprint density at radius 3 is 1.56 bits per heavy atom. The molecule has 8 N–H and O–H groups in total. The van der Waals surface area contributed by atoms with Crippen molar-refractivity contribution in [1.29, 1.82) is 0 Å². The normalized spacial score (nSPS) is 14.9. The molecule has 9 heteroatoms. The van der Waals surface area contributed by atoms with Crippen LogP contribution in [0.3, 0.4) is 0 Å². The zero-order valence-electron chi connectivity index (χ0n) is 34.7. The number of rotatable bonds is 34. The minimum absolute atomic E-state index is 0.206. The lowest BCUT2D eigenvalue weighted by atomic mass is 10.0. The van der Waals surface area contributed by atoms with Gasteiger partial charge in [-0.15, -0.1) is 6.42 Å². The van der Waals surface area contributed by atoms with Gasteiger partial charge in [-0.1, -0.05) is 169 Å². The van der Waals surface area contributed by atoms with Gasteiger partial charge in [0.1, 0.15) is 12.2 Å². The second-order valence-corrected chi connectivity index (χ2v) is 15.2. The van der Waals surface area contributed by atoms with E-state index >= 15 is 0 Å². The molecule has 0 heterocycles. The average molecular weight is 797 g/mol. The van der Waals surface area contributed by atoms with Crippen LogP contribution in [0.25, 0.3) is 0 Å². The van der Waals surface area contributed by atoms with E-state index in [1.54, 1.807) is 0 Å². The Balaban J connectivity index is 3.56. The highest BCUT2D eigenvalue weighted by molar-refractivity contribution is 5.86. The number of aliphatic hydroxyl groups is 7. The van der Waals surface area contributed by atoms with Crippen LogP contribution in [0.4, 0.5) is 0 Å². The van der Waals surface area contributed by atoms with Gasteiger partial charge in [0.25, 0.3) is 0 Å². The van der Waals surface area contributed by atoms with Gasteiger partial charge in [-0.2, -0.15) is 0 Å². The van der Waals surface area contributed by atoms with E-state index < -0.39 is 48.7 Å². The highest BCUT2D eigenvalue weighted by atomic mass is 16.4. The zero-order valence-corrected chi connectivity index (χ0v) is 34.7. The molecule has 0 saturated carbocycles. The molecule has 0 rings (SSSR count). The van der Waals surface area contributed by atoms with Gasteiger partial charge in [0, 0.05) is 18.8 Å². The molecule has 0 amide bonds. The summed E-state index contributed by atoms with van der Waals surface area (Å²) in [4.78, 5) is 10.4. The van der Waals surface area contributed by atoms with Crippen LogP contribution in [0.1, 0.15) is 180 Å². The molecule has 7 atom stereocenters. The van der Waals surface area contributed by atoms with E-state index in [1.807, 2.05) is 12.0 Å². The summed E-state index contributed by atoms with van der Waals surface area (Å²) < 4.78 is 0. The van der Waals surface area contributed by atoms with Crippen LogP contribution in [-0.4, -0.2) is 89.5 Å². The molecule has 0 spiro atoms. The molecule has 0 aliphatic heterocycles. The van der Waals surface area contributed by atoms with E-state index in [0.717, 1.165) is 38.5 Å². The summed E-state index contributed by atoms with van der Waals surface area (Å²) in [6, 6.07) is 0. The standard InChI is InChI=1S/C48H76O9/c1-2-41(49)37-38-45(53)35-28-34-44(52)33-27-32-43(51)31-25-22-24-30-42(50)29-23-20-18-16-14-12-10-8-6-4-3-5-7-9-11-13-15-17-19-21-26-36-46(54)47(55)39-40-48(56)57/h1,23,29,37-38,41-47,49-55H,3-22,24,26,28,30,33-36H2,(H,56,57)/b29-23+,38-37+. The quantitative estimate of drug-likeness (QED) is 0.0189. The fraction of sp³-hybridized carbons (Fsp3) is 0.729. The number of hydrogen-bond donors (Lipinski definition) is 8. The third-order valence-electron chi connectivity index (χ3n) is 9.76. The van der Waals surface area contributed by atoms with E-state index in [2.05, 4.69) is 41.6 Å². The molecule has 0 aliphatic carbocycles. The van der Waals surface area contributed by atoms with Crippen molar-refractivity contribution < 1.29 is 45.6 Å². The molecule has 9 nitrogen and oxygen atoms in total. The zero-order chi connectivity index (χ0) is 42.2. The van der Waals surface area contributed by atoms with Crippen LogP contribution >= 0.6 is 0 Å². The topological polar surface area (TPSA) is 179 Å². The minimum atomic E-state index is -1.30. The van der Waals surface area contributed by atoms with Crippen LogP contribution in [0.2, 0.25) is 0 Å². The Morgan fingerprint density at radius 2 is 1.02 bits per heavy atom. The van der Waals surface area contributed by atoms with Crippen LogP contribution in [0.5, 0.6) is 0 Å². The van der Waals surface area contributed by atoms with Crippen LogP contribution < -0.4 is 0 Å². The fourth-order valence-electron chi connectivity index (χ4n) is 6.29. The Bertz CT molecular complexity index is 1270. The summed E-state index contributed by atoms with van der Waals surface area (Å²) in [6.45, 7) is 0. The summed E-state index contributed by atoms with van der Waals surface area (Å²) in [7, 11) is 0. The van der Waals surface area contributed by atoms with Crippen molar-refractivity contribution in [1.82, 2.24) is 0 Å². The maximum atomic E-state index is 10.4. The monoisotopic (exact) mass is 797 g/mol. The summed E-state index contributed by atoms with van der Waals surface area (Å²) in [5, 5.41) is 77.2. The van der Waals surface area contributed by atoms with Crippen LogP contribution in [0.15, 0.2) is 24.3 Å². The first-order valence-corrected chi connectivity index (χ1v) is 21.8. The van der Waals surface area contributed by atoms with Gasteiger partial charge >= 0.3 is 5.97 Å². The Kier molecular flexibility index (Phi) is 37.6. The smallest absolute Gasteiger partial charge is 0.381 e. The van der Waals surface area contributed by atoms with Crippen LogP contribution in [0, 0.1) is 47.9 Å². The minimum Gasteiger partial charge on any atom is -0.472 e. The molecule has 322 valence electrons. The lowest BCUT2D eigenvalue weighted by Gasteiger charge is -2.12. The second kappa shape index (κ2) is 39.7. The number of carbonyl (C=O) groups is 1. The molecule has 0 aromatic rings. The van der Waals surface area contributed by atoms with Gasteiger partial charge in [0.2, 0.25) is 0 Å². The number of terminal acetylenes is 1. The number of carboxylic acid groups (broad SMARTS) is 1. The molecule has 57 heavy (non-hydrogen) atoms. The van der Waals surface area contributed by atoms with E-state index in [0.29, 0.717) is 38.5 Å². The molecular formula is C48H76O9. The fourth-order valence-corrected chi connectivity index (χ4v) is 6.29. The van der Waals surface area contributed by atoms with Gasteiger partial charge in [0.05, 0.1) is 24.4 Å². The predicted molar refractivity (Wildman–Crippen MR) is 229 cm³/mol. The third-order valence-corrected chi connectivity index (χ3v) is 9.76. The number of aliphatic carboxylic acids is 1. The van der Waals surface area contributed by atoms with Gasteiger partial charge in [-0.25, -0.2) is 4.79 Å². The second-order valence-electron chi connectivity index (χ2n) is 15.2. The first kappa shape index (κ1) is 53.9. The van der Waals surface area contributed by atoms with E-state index in [-0.39, 0.29) is 6.42 Å². The van der Waals surface area contributed by atoms with Crippen LogP contribution in [-0.2, 0) is 4.79 Å². The molecule has 0 saturated heterocycles. The van der Waals surface area contributed by atoms with Crippen molar-refractivity contribution in [2.45, 2.75) is 223 Å². The summed E-state index contributed by atoms with van der Waals surface area (Å²) in [6.07, 6.45) is 34.1. The molecule has 0 aliphatic rings. The van der Waals surface area contributed by atoms with Crippen molar-refractivity contribution in [3.8, 4) is 47.9 Å². The molecular weight excluding hydrogens is 721 g/mol. The van der Waals surface area contributed by atoms with Crippen molar-refractivity contribution >= 4 is 5.97 Å². The Labute approximate surface area is 345 Å². The number of unbranched alkanes of at least 4 members (excludes halogenated alkanes) is 20. The average Bonchev–Trinajstić information content (AvgIpc) is 3.18. The van der Waals surface area contributed by atoms with Crippen molar-refractivity contribution in [3.05, 3.63) is 24.3 Å². The maximum Gasteiger partial charge on any atom is 0.381 e. The number of hydrogen-bond acceptors (Lipinski definition) is 8. The van der Waals surface area contributed by atoms with Gasteiger partial charge in [-0.05, 0) is 57.4 Å². The number of allylic oxidation sites excluding steroid dienone is 1. The summed E-state index contributed by atoms with van der Waals surface area (Å²) >= 11 is 0. The lowest BCUT2D eigenvalue weighted by molar-refractivity contribution is -0.130. The third kappa shape index (κ3) is 39.5. The molecule has 0 aromatic carbocycles. The van der Waals surface area contributed by atoms with Crippen molar-refractivity contribution in [3.63, 3.8) is 0 Å². The van der Waals surface area contributed by atoms with Gasteiger partial charge in [-0.3, -0.25) is 0 Å².